The molecule has 0 saturated carbocycles. The van der Waals surface area contributed by atoms with Gasteiger partial charge in [0.25, 0.3) is 5.91 Å². The first kappa shape index (κ1) is 10.6. The minimum absolute atomic E-state index is 0.0654. The topological polar surface area (TPSA) is 41.6 Å². The second kappa shape index (κ2) is 4.37. The molecule has 0 aliphatic carbocycles. The van der Waals surface area contributed by atoms with Crippen molar-refractivity contribution in [3.05, 3.63) is 24.3 Å². The third kappa shape index (κ3) is 2.00. The lowest BCUT2D eigenvalue weighted by molar-refractivity contribution is -0.121. The Balaban J connectivity index is 1.84. The van der Waals surface area contributed by atoms with Crippen LogP contribution in [0.5, 0.6) is 5.75 Å². The van der Waals surface area contributed by atoms with Gasteiger partial charge in [-0.1, -0.05) is 12.1 Å². The van der Waals surface area contributed by atoms with Crippen molar-refractivity contribution in [1.29, 1.82) is 0 Å². The Kier molecular flexibility index (Phi) is 2.73. The Labute approximate surface area is 101 Å². The predicted octanol–water partition coefficient (Wildman–Crippen LogP) is 1.02. The smallest absolute Gasteiger partial charge is 0.265 e. The minimum atomic E-state index is 0.0654. The molecule has 0 radical (unpaired) electrons. The van der Waals surface area contributed by atoms with Crippen LogP contribution >= 0.6 is 0 Å². The molecule has 17 heavy (non-hydrogen) atoms. The summed E-state index contributed by atoms with van der Waals surface area (Å²) in [5, 5.41) is 3.33. The third-order valence-corrected chi connectivity index (χ3v) is 3.41. The van der Waals surface area contributed by atoms with Crippen molar-refractivity contribution < 1.29 is 9.53 Å². The number of anilines is 1. The second-order valence-electron chi connectivity index (χ2n) is 4.62. The Bertz CT molecular complexity index is 427. The van der Waals surface area contributed by atoms with Crippen molar-refractivity contribution in [2.45, 2.75) is 6.42 Å². The van der Waals surface area contributed by atoms with Gasteiger partial charge in [-0.2, -0.15) is 0 Å². The summed E-state index contributed by atoms with van der Waals surface area (Å²) in [6.45, 7) is 3.03. The number of rotatable bonds is 2. The van der Waals surface area contributed by atoms with Gasteiger partial charge in [0.15, 0.2) is 6.61 Å². The maximum atomic E-state index is 11.9. The molecule has 0 spiro atoms. The predicted molar refractivity (Wildman–Crippen MR) is 65.3 cm³/mol. The maximum absolute atomic E-state index is 11.9. The summed E-state index contributed by atoms with van der Waals surface area (Å²) in [5.41, 5.74) is 0.913. The van der Waals surface area contributed by atoms with E-state index in [1.165, 1.54) is 0 Å². The standard InChI is InChI=1S/C13H16N2O2/c16-13-9-17-12-4-2-1-3-11(12)15(13)8-10-5-6-14-7-10/h1-4,10,14H,5-9H2. The summed E-state index contributed by atoms with van der Waals surface area (Å²) in [6, 6.07) is 7.75. The number of carbonyl (C=O) groups is 1. The van der Waals surface area contributed by atoms with E-state index in [0.29, 0.717) is 5.92 Å². The normalized spacial score (nSPS) is 23.4. The number of nitrogens with one attached hydrogen (secondary N) is 1. The number of hydrogen-bond acceptors (Lipinski definition) is 3. The number of hydrogen-bond donors (Lipinski definition) is 1. The molecule has 1 unspecified atom stereocenters. The highest BCUT2D eigenvalue weighted by Crippen LogP contribution is 2.32. The van der Waals surface area contributed by atoms with Crippen LogP contribution in [0.3, 0.4) is 0 Å². The van der Waals surface area contributed by atoms with Gasteiger partial charge >= 0.3 is 0 Å². The fourth-order valence-corrected chi connectivity index (χ4v) is 2.48. The van der Waals surface area contributed by atoms with Crippen LogP contribution in [-0.4, -0.2) is 32.1 Å². The average molecular weight is 232 g/mol. The molecule has 2 aliphatic rings. The van der Waals surface area contributed by atoms with Crippen LogP contribution in [0.4, 0.5) is 5.69 Å². The molecular formula is C13H16N2O2. The highest BCUT2D eigenvalue weighted by molar-refractivity contribution is 5.97. The Morgan fingerprint density at radius 2 is 2.29 bits per heavy atom. The van der Waals surface area contributed by atoms with Gasteiger partial charge in [0.05, 0.1) is 5.69 Å². The number of nitrogens with zero attached hydrogens (tertiary/aromatic N) is 1. The largest absolute Gasteiger partial charge is 0.482 e. The fraction of sp³-hybridized carbons (Fsp3) is 0.462. The van der Waals surface area contributed by atoms with Crippen molar-refractivity contribution in [3.8, 4) is 5.75 Å². The van der Waals surface area contributed by atoms with Crippen LogP contribution < -0.4 is 15.0 Å². The Morgan fingerprint density at radius 3 is 3.12 bits per heavy atom. The number of fused-ring (bicyclic) bond motifs is 1. The van der Waals surface area contributed by atoms with E-state index in [9.17, 15) is 4.79 Å². The van der Waals surface area contributed by atoms with E-state index in [4.69, 9.17) is 4.74 Å². The van der Waals surface area contributed by atoms with E-state index < -0.39 is 0 Å². The van der Waals surface area contributed by atoms with Crippen LogP contribution in [0.1, 0.15) is 6.42 Å². The summed E-state index contributed by atoms with van der Waals surface area (Å²) in [4.78, 5) is 13.8. The van der Waals surface area contributed by atoms with Crippen LogP contribution in [-0.2, 0) is 4.79 Å². The lowest BCUT2D eigenvalue weighted by Gasteiger charge is -2.31. The molecule has 1 N–H and O–H groups in total. The van der Waals surface area contributed by atoms with Crippen LogP contribution in [0.25, 0.3) is 0 Å². The lowest BCUT2D eigenvalue weighted by atomic mass is 10.1. The van der Waals surface area contributed by atoms with Gasteiger partial charge in [0.1, 0.15) is 5.75 Å². The molecule has 1 atom stereocenters. The van der Waals surface area contributed by atoms with E-state index >= 15 is 0 Å². The second-order valence-corrected chi connectivity index (χ2v) is 4.62. The number of amides is 1. The van der Waals surface area contributed by atoms with Crippen molar-refractivity contribution >= 4 is 11.6 Å². The Hall–Kier alpha value is -1.55. The molecule has 0 aromatic heterocycles. The highest BCUT2D eigenvalue weighted by Gasteiger charge is 2.28. The summed E-state index contributed by atoms with van der Waals surface area (Å²) in [6.07, 6.45) is 1.15. The maximum Gasteiger partial charge on any atom is 0.265 e. The molecule has 0 bridgehead atoms. The first-order chi connectivity index (χ1) is 8.34. The molecule has 1 fully saturated rings. The van der Waals surface area contributed by atoms with E-state index in [0.717, 1.165) is 37.5 Å². The van der Waals surface area contributed by atoms with Gasteiger partial charge in [-0.25, -0.2) is 0 Å². The summed E-state index contributed by atoms with van der Waals surface area (Å²) in [7, 11) is 0. The van der Waals surface area contributed by atoms with Gasteiger partial charge in [-0.05, 0) is 37.6 Å². The van der Waals surface area contributed by atoms with Gasteiger partial charge in [0, 0.05) is 6.54 Å². The van der Waals surface area contributed by atoms with Crippen molar-refractivity contribution in [2.24, 2.45) is 5.92 Å². The third-order valence-electron chi connectivity index (χ3n) is 3.41. The molecule has 90 valence electrons. The minimum Gasteiger partial charge on any atom is -0.482 e. The SMILES string of the molecule is O=C1COc2ccccc2N1CC1CCNC1. The van der Waals surface area contributed by atoms with Crippen molar-refractivity contribution in [2.75, 3.05) is 31.1 Å². The quantitative estimate of drug-likeness (QED) is 0.827. The average Bonchev–Trinajstić information content (AvgIpc) is 2.86. The molecule has 1 aromatic carbocycles. The van der Waals surface area contributed by atoms with Gasteiger partial charge in [0.2, 0.25) is 0 Å². The van der Waals surface area contributed by atoms with E-state index in [1.807, 2.05) is 29.2 Å². The van der Waals surface area contributed by atoms with Crippen LogP contribution in [0.2, 0.25) is 0 Å². The van der Waals surface area contributed by atoms with Gasteiger partial charge in [-0.3, -0.25) is 4.79 Å². The molecule has 1 saturated heterocycles. The Morgan fingerprint density at radius 1 is 1.41 bits per heavy atom. The zero-order valence-corrected chi connectivity index (χ0v) is 9.69. The lowest BCUT2D eigenvalue weighted by Crippen LogP contribution is -2.42. The first-order valence-corrected chi connectivity index (χ1v) is 6.07. The summed E-state index contributed by atoms with van der Waals surface area (Å²) >= 11 is 0. The number of benzene rings is 1. The molecular weight excluding hydrogens is 216 g/mol. The number of carbonyl (C=O) groups excluding carboxylic acids is 1. The van der Waals surface area contributed by atoms with Crippen molar-refractivity contribution in [3.63, 3.8) is 0 Å². The van der Waals surface area contributed by atoms with Crippen LogP contribution in [0.15, 0.2) is 24.3 Å². The monoisotopic (exact) mass is 232 g/mol. The molecule has 2 heterocycles. The zero-order valence-electron chi connectivity index (χ0n) is 9.69. The summed E-state index contributed by atoms with van der Waals surface area (Å²) < 4.78 is 5.42. The van der Waals surface area contributed by atoms with Crippen LogP contribution in [0, 0.1) is 5.92 Å². The number of para-hydroxylation sites is 2. The first-order valence-electron chi connectivity index (χ1n) is 6.07. The van der Waals surface area contributed by atoms with E-state index in [-0.39, 0.29) is 12.5 Å². The summed E-state index contributed by atoms with van der Waals surface area (Å²) in [5.74, 6) is 1.44. The molecule has 1 aromatic rings. The fourth-order valence-electron chi connectivity index (χ4n) is 2.48. The van der Waals surface area contributed by atoms with Gasteiger partial charge < -0.3 is 15.0 Å². The number of ether oxygens (including phenoxy) is 1. The molecule has 1 amide bonds. The zero-order chi connectivity index (χ0) is 11.7. The molecule has 3 rings (SSSR count). The molecule has 4 heteroatoms. The van der Waals surface area contributed by atoms with Crippen molar-refractivity contribution in [1.82, 2.24) is 5.32 Å². The van der Waals surface area contributed by atoms with E-state index in [1.54, 1.807) is 0 Å². The van der Waals surface area contributed by atoms with E-state index in [2.05, 4.69) is 5.32 Å². The highest BCUT2D eigenvalue weighted by atomic mass is 16.5. The molecule has 4 nitrogen and oxygen atoms in total. The van der Waals surface area contributed by atoms with Gasteiger partial charge in [-0.15, -0.1) is 0 Å². The molecule has 2 aliphatic heterocycles.